The second kappa shape index (κ2) is 4.82. The lowest BCUT2D eigenvalue weighted by atomic mass is 9.95. The molecule has 96 valence electrons. The van der Waals surface area contributed by atoms with Gasteiger partial charge in [-0.25, -0.2) is 0 Å². The molecule has 0 unspecified atom stereocenters. The topological polar surface area (TPSA) is 82.2 Å². The van der Waals surface area contributed by atoms with Crippen molar-refractivity contribution in [2.45, 2.75) is 26.3 Å². The molecule has 2 aromatic rings. The van der Waals surface area contributed by atoms with E-state index in [4.69, 9.17) is 15.9 Å². The molecule has 0 aliphatic heterocycles. The Balaban J connectivity index is 2.52. The molecule has 18 heavy (non-hydrogen) atoms. The van der Waals surface area contributed by atoms with Crippen LogP contribution in [0.25, 0.3) is 11.0 Å². The van der Waals surface area contributed by atoms with E-state index in [1.165, 1.54) is 0 Å². The van der Waals surface area contributed by atoms with E-state index in [-0.39, 0.29) is 11.8 Å². The van der Waals surface area contributed by atoms with Crippen molar-refractivity contribution in [2.24, 2.45) is 17.4 Å². The Morgan fingerprint density at radius 2 is 2.00 bits per heavy atom. The van der Waals surface area contributed by atoms with Crippen LogP contribution in [0.5, 0.6) is 0 Å². The van der Waals surface area contributed by atoms with Gasteiger partial charge >= 0.3 is 0 Å². The van der Waals surface area contributed by atoms with Crippen LogP contribution < -0.4 is 11.5 Å². The average Bonchev–Trinajstić information content (AvgIpc) is 2.68. The fourth-order valence-electron chi connectivity index (χ4n) is 1.97. The maximum atomic E-state index is 11.4. The molecule has 0 aliphatic rings. The number of furan rings is 1. The molecule has 0 saturated heterocycles. The number of benzene rings is 1. The molecule has 1 atom stereocenters. The Morgan fingerprint density at radius 3 is 2.61 bits per heavy atom. The van der Waals surface area contributed by atoms with Gasteiger partial charge < -0.3 is 15.9 Å². The second-order valence-corrected chi connectivity index (χ2v) is 4.88. The van der Waals surface area contributed by atoms with E-state index in [0.29, 0.717) is 17.9 Å². The van der Waals surface area contributed by atoms with Crippen LogP contribution in [-0.4, -0.2) is 11.9 Å². The van der Waals surface area contributed by atoms with E-state index >= 15 is 0 Å². The van der Waals surface area contributed by atoms with Gasteiger partial charge in [0.1, 0.15) is 5.58 Å². The minimum Gasteiger partial charge on any atom is -0.451 e. The summed E-state index contributed by atoms with van der Waals surface area (Å²) in [7, 11) is 0. The van der Waals surface area contributed by atoms with Crippen LogP contribution in [0.1, 0.15) is 30.0 Å². The van der Waals surface area contributed by atoms with Crippen LogP contribution in [0, 0.1) is 5.92 Å². The zero-order valence-electron chi connectivity index (χ0n) is 10.6. The standard InChI is InChI=1S/C14H18N2O2/c1-8(2)11(15)7-10-9-5-3-4-6-12(9)18-13(10)14(16)17/h3-6,8,11H,7,15H2,1-2H3,(H2,16,17)/t11-/m0/s1. The highest BCUT2D eigenvalue weighted by atomic mass is 16.3. The first-order chi connectivity index (χ1) is 8.50. The highest BCUT2D eigenvalue weighted by molar-refractivity contribution is 5.98. The molecule has 4 heteroatoms. The van der Waals surface area contributed by atoms with Gasteiger partial charge in [0.25, 0.3) is 5.91 Å². The lowest BCUT2D eigenvalue weighted by Crippen LogP contribution is -2.29. The van der Waals surface area contributed by atoms with Crippen molar-refractivity contribution in [1.82, 2.24) is 0 Å². The normalized spacial score (nSPS) is 13.1. The van der Waals surface area contributed by atoms with Crippen molar-refractivity contribution in [3.8, 4) is 0 Å². The fraction of sp³-hybridized carbons (Fsp3) is 0.357. The van der Waals surface area contributed by atoms with Gasteiger partial charge in [0.2, 0.25) is 0 Å². The van der Waals surface area contributed by atoms with Crippen molar-refractivity contribution < 1.29 is 9.21 Å². The van der Waals surface area contributed by atoms with Gasteiger partial charge in [0.05, 0.1) is 0 Å². The highest BCUT2D eigenvalue weighted by Crippen LogP contribution is 2.27. The molecule has 4 nitrogen and oxygen atoms in total. The second-order valence-electron chi connectivity index (χ2n) is 4.88. The molecule has 1 aromatic carbocycles. The minimum absolute atomic E-state index is 0.0240. The molecular weight excluding hydrogens is 228 g/mol. The largest absolute Gasteiger partial charge is 0.451 e. The van der Waals surface area contributed by atoms with Gasteiger partial charge in [0.15, 0.2) is 5.76 Å². The monoisotopic (exact) mass is 246 g/mol. The molecule has 2 rings (SSSR count). The molecule has 0 radical (unpaired) electrons. The predicted octanol–water partition coefficient (Wildman–Crippen LogP) is 2.06. The lowest BCUT2D eigenvalue weighted by molar-refractivity contribution is 0.0974. The third-order valence-corrected chi connectivity index (χ3v) is 3.22. The molecule has 0 fully saturated rings. The molecule has 0 saturated carbocycles. The molecule has 1 amide bonds. The van der Waals surface area contributed by atoms with Crippen LogP contribution in [0.3, 0.4) is 0 Å². The molecule has 0 bridgehead atoms. The van der Waals surface area contributed by atoms with Gasteiger partial charge in [-0.3, -0.25) is 4.79 Å². The van der Waals surface area contributed by atoms with E-state index < -0.39 is 5.91 Å². The number of amides is 1. The Hall–Kier alpha value is -1.81. The summed E-state index contributed by atoms with van der Waals surface area (Å²) in [6.07, 6.45) is 0.590. The zero-order valence-corrected chi connectivity index (χ0v) is 10.6. The predicted molar refractivity (Wildman–Crippen MR) is 71.2 cm³/mol. The highest BCUT2D eigenvalue weighted by Gasteiger charge is 2.21. The fourth-order valence-corrected chi connectivity index (χ4v) is 1.97. The van der Waals surface area contributed by atoms with Gasteiger partial charge in [-0.1, -0.05) is 32.0 Å². The SMILES string of the molecule is CC(C)[C@@H](N)Cc1c(C(N)=O)oc2ccccc12. The summed E-state index contributed by atoms with van der Waals surface area (Å²) < 4.78 is 5.51. The quantitative estimate of drug-likeness (QED) is 0.866. The molecule has 0 spiro atoms. The number of rotatable bonds is 4. The van der Waals surface area contributed by atoms with Gasteiger partial charge in [0, 0.05) is 17.0 Å². The summed E-state index contributed by atoms with van der Waals surface area (Å²) in [6, 6.07) is 7.50. The van der Waals surface area contributed by atoms with Crippen molar-refractivity contribution in [1.29, 1.82) is 0 Å². The molecule has 4 N–H and O–H groups in total. The summed E-state index contributed by atoms with van der Waals surface area (Å²) in [5, 5.41) is 0.919. The van der Waals surface area contributed by atoms with Crippen LogP contribution in [-0.2, 0) is 6.42 Å². The number of para-hydroxylation sites is 1. The first-order valence-corrected chi connectivity index (χ1v) is 6.06. The van der Waals surface area contributed by atoms with Gasteiger partial charge in [-0.05, 0) is 18.4 Å². The Kier molecular flexibility index (Phi) is 3.39. The maximum Gasteiger partial charge on any atom is 0.284 e. The summed E-state index contributed by atoms with van der Waals surface area (Å²) in [6.45, 7) is 4.10. The Morgan fingerprint density at radius 1 is 1.33 bits per heavy atom. The van der Waals surface area contributed by atoms with E-state index in [1.807, 2.05) is 24.3 Å². The first-order valence-electron chi connectivity index (χ1n) is 6.06. The summed E-state index contributed by atoms with van der Waals surface area (Å²) in [5.74, 6) is 0.0174. The van der Waals surface area contributed by atoms with E-state index in [0.717, 1.165) is 10.9 Å². The van der Waals surface area contributed by atoms with Crippen molar-refractivity contribution in [3.05, 3.63) is 35.6 Å². The number of primary amides is 1. The maximum absolute atomic E-state index is 11.4. The van der Waals surface area contributed by atoms with Crippen LogP contribution in [0.15, 0.2) is 28.7 Å². The first kappa shape index (κ1) is 12.6. The Labute approximate surface area is 106 Å². The van der Waals surface area contributed by atoms with Crippen molar-refractivity contribution in [2.75, 3.05) is 0 Å². The van der Waals surface area contributed by atoms with Gasteiger partial charge in [-0.2, -0.15) is 0 Å². The molecular formula is C14H18N2O2. The summed E-state index contributed by atoms with van der Waals surface area (Å²) in [5.41, 5.74) is 12.9. The molecule has 1 aromatic heterocycles. The molecule has 1 heterocycles. The third kappa shape index (κ3) is 2.24. The number of carbonyl (C=O) groups excluding carboxylic acids is 1. The molecule has 0 aliphatic carbocycles. The third-order valence-electron chi connectivity index (χ3n) is 3.22. The summed E-state index contributed by atoms with van der Waals surface area (Å²) in [4.78, 5) is 11.4. The van der Waals surface area contributed by atoms with E-state index in [2.05, 4.69) is 13.8 Å². The smallest absolute Gasteiger partial charge is 0.284 e. The van der Waals surface area contributed by atoms with Gasteiger partial charge in [-0.15, -0.1) is 0 Å². The average molecular weight is 246 g/mol. The Bertz CT molecular complexity index is 572. The van der Waals surface area contributed by atoms with Crippen LogP contribution in [0.4, 0.5) is 0 Å². The van der Waals surface area contributed by atoms with Crippen molar-refractivity contribution in [3.63, 3.8) is 0 Å². The zero-order chi connectivity index (χ0) is 13.3. The number of carbonyl (C=O) groups is 1. The number of hydrogen-bond acceptors (Lipinski definition) is 3. The minimum atomic E-state index is -0.544. The van der Waals surface area contributed by atoms with Crippen LogP contribution in [0.2, 0.25) is 0 Å². The lowest BCUT2D eigenvalue weighted by Gasteiger charge is -2.15. The van der Waals surface area contributed by atoms with E-state index in [9.17, 15) is 4.79 Å². The summed E-state index contributed by atoms with van der Waals surface area (Å²) >= 11 is 0. The number of fused-ring (bicyclic) bond motifs is 1. The number of nitrogens with two attached hydrogens (primary N) is 2. The number of hydrogen-bond donors (Lipinski definition) is 2. The van der Waals surface area contributed by atoms with Crippen LogP contribution >= 0.6 is 0 Å². The van der Waals surface area contributed by atoms with E-state index in [1.54, 1.807) is 0 Å². The van der Waals surface area contributed by atoms with Crippen molar-refractivity contribution >= 4 is 16.9 Å².